The number of nitrogens with one attached hydrogen (secondary N) is 1. The molecule has 0 heterocycles. The van der Waals surface area contributed by atoms with Gasteiger partial charge < -0.3 is 10.1 Å². The molecule has 1 N–H and O–H groups in total. The van der Waals surface area contributed by atoms with Gasteiger partial charge in [0.05, 0.1) is 6.42 Å². The van der Waals surface area contributed by atoms with E-state index in [1.807, 2.05) is 24.3 Å². The van der Waals surface area contributed by atoms with Crippen LogP contribution in [0.25, 0.3) is 0 Å². The van der Waals surface area contributed by atoms with E-state index in [0.717, 1.165) is 24.0 Å². The summed E-state index contributed by atoms with van der Waals surface area (Å²) in [6.07, 6.45) is 2.68. The van der Waals surface area contributed by atoms with Gasteiger partial charge in [-0.2, -0.15) is 0 Å². The molecular weight excluding hydrogens is 350 g/mol. The summed E-state index contributed by atoms with van der Waals surface area (Å²) >= 11 is 6.07. The number of carbonyl (C=O) groups excluding carboxylic acids is 2. The Morgan fingerprint density at radius 2 is 1.92 bits per heavy atom. The lowest BCUT2D eigenvalue weighted by Gasteiger charge is -2.14. The third-order valence-electron chi connectivity index (χ3n) is 4.60. The first-order chi connectivity index (χ1) is 12.5. The topological polar surface area (TPSA) is 55.4 Å². The number of fused-ring (bicyclic) bond motifs is 1. The van der Waals surface area contributed by atoms with Crippen LogP contribution in [0, 0.1) is 0 Å². The molecule has 2 aromatic carbocycles. The minimum absolute atomic E-state index is 0.176. The van der Waals surface area contributed by atoms with Gasteiger partial charge in [0.1, 0.15) is 0 Å². The molecule has 0 bridgehead atoms. The molecule has 0 aromatic heterocycles. The Bertz CT molecular complexity index is 819. The highest BCUT2D eigenvalue weighted by atomic mass is 35.5. The molecule has 0 aliphatic heterocycles. The van der Waals surface area contributed by atoms with E-state index in [1.54, 1.807) is 13.0 Å². The molecule has 0 saturated carbocycles. The van der Waals surface area contributed by atoms with Crippen molar-refractivity contribution in [2.75, 3.05) is 0 Å². The summed E-state index contributed by atoms with van der Waals surface area (Å²) in [5.74, 6) is -0.740. The number of hydrogen-bond donors (Lipinski definition) is 1. The van der Waals surface area contributed by atoms with Crippen molar-refractivity contribution in [1.29, 1.82) is 0 Å². The van der Waals surface area contributed by atoms with Crippen LogP contribution in [0.15, 0.2) is 42.5 Å². The van der Waals surface area contributed by atoms with Gasteiger partial charge >= 0.3 is 5.97 Å². The molecule has 0 spiro atoms. The van der Waals surface area contributed by atoms with E-state index in [2.05, 4.69) is 17.4 Å². The van der Waals surface area contributed by atoms with E-state index in [0.29, 0.717) is 11.6 Å². The Morgan fingerprint density at radius 1 is 1.15 bits per heavy atom. The maximum absolute atomic E-state index is 12.1. The first kappa shape index (κ1) is 18.5. The Balaban J connectivity index is 1.49. The minimum Gasteiger partial charge on any atom is -0.452 e. The summed E-state index contributed by atoms with van der Waals surface area (Å²) in [6.45, 7) is 1.87. The largest absolute Gasteiger partial charge is 0.452 e. The Hall–Kier alpha value is -2.33. The monoisotopic (exact) mass is 371 g/mol. The molecule has 26 heavy (non-hydrogen) atoms. The molecule has 0 radical (unpaired) electrons. The summed E-state index contributed by atoms with van der Waals surface area (Å²) in [5.41, 5.74) is 4.44. The van der Waals surface area contributed by atoms with E-state index in [9.17, 15) is 9.59 Å². The van der Waals surface area contributed by atoms with Crippen molar-refractivity contribution in [1.82, 2.24) is 5.32 Å². The van der Waals surface area contributed by atoms with Crippen molar-refractivity contribution in [3.05, 3.63) is 69.7 Å². The van der Waals surface area contributed by atoms with Gasteiger partial charge in [-0.1, -0.05) is 48.0 Å². The van der Waals surface area contributed by atoms with Crippen molar-refractivity contribution >= 4 is 23.5 Å². The molecule has 1 aliphatic rings. The van der Waals surface area contributed by atoms with Crippen LogP contribution >= 0.6 is 11.6 Å². The summed E-state index contributed by atoms with van der Waals surface area (Å²) in [7, 11) is 0. The molecule has 0 fully saturated rings. The third-order valence-corrected chi connectivity index (χ3v) is 4.97. The molecule has 0 saturated heterocycles. The quantitative estimate of drug-likeness (QED) is 0.789. The Morgan fingerprint density at radius 3 is 2.73 bits per heavy atom. The van der Waals surface area contributed by atoms with Crippen LogP contribution in [0.4, 0.5) is 0 Å². The fourth-order valence-electron chi connectivity index (χ4n) is 3.16. The molecule has 4 nitrogen and oxygen atoms in total. The smallest absolute Gasteiger partial charge is 0.311 e. The summed E-state index contributed by atoms with van der Waals surface area (Å²) in [6, 6.07) is 13.4. The lowest BCUT2D eigenvalue weighted by atomic mass is 10.0. The fraction of sp³-hybridized carbons (Fsp3) is 0.333. The van der Waals surface area contributed by atoms with Gasteiger partial charge in [-0.05, 0) is 54.5 Å². The average Bonchev–Trinajstić information content (AvgIpc) is 3.08. The number of halogens is 1. The van der Waals surface area contributed by atoms with Crippen LogP contribution in [0.1, 0.15) is 35.6 Å². The van der Waals surface area contributed by atoms with Crippen molar-refractivity contribution in [3.8, 4) is 0 Å². The zero-order chi connectivity index (χ0) is 18.5. The Kier molecular flexibility index (Phi) is 5.94. The molecule has 3 rings (SSSR count). The predicted octanol–water partition coefficient (Wildman–Crippen LogP) is 3.62. The van der Waals surface area contributed by atoms with Crippen LogP contribution in [-0.2, 0) is 40.1 Å². The van der Waals surface area contributed by atoms with Gasteiger partial charge in [-0.15, -0.1) is 0 Å². The first-order valence-corrected chi connectivity index (χ1v) is 9.22. The third kappa shape index (κ3) is 4.64. The maximum Gasteiger partial charge on any atom is 0.311 e. The molecule has 5 heteroatoms. The van der Waals surface area contributed by atoms with Gasteiger partial charge in [-0.25, -0.2) is 0 Å². The van der Waals surface area contributed by atoms with E-state index in [4.69, 9.17) is 16.3 Å². The fourth-order valence-corrected chi connectivity index (χ4v) is 3.36. The number of amides is 1. The normalized spacial score (nSPS) is 13.8. The molecular formula is C21H22ClNO3. The molecule has 1 amide bonds. The van der Waals surface area contributed by atoms with E-state index in [1.165, 1.54) is 17.5 Å². The van der Waals surface area contributed by atoms with Crippen LogP contribution < -0.4 is 5.32 Å². The highest BCUT2D eigenvalue weighted by molar-refractivity contribution is 6.31. The van der Waals surface area contributed by atoms with Crippen LogP contribution in [-0.4, -0.2) is 18.0 Å². The zero-order valence-electron chi connectivity index (χ0n) is 14.8. The second-order valence-corrected chi connectivity index (χ2v) is 6.98. The van der Waals surface area contributed by atoms with Gasteiger partial charge in [0.25, 0.3) is 5.91 Å². The van der Waals surface area contributed by atoms with E-state index >= 15 is 0 Å². The summed E-state index contributed by atoms with van der Waals surface area (Å²) < 4.78 is 5.27. The SMILES string of the molecule is C[C@H](OC(=O)Cc1ccc2c(c1)CCC2)C(=O)NCc1ccccc1Cl. The van der Waals surface area contributed by atoms with Gasteiger partial charge in [0.15, 0.2) is 6.10 Å². The van der Waals surface area contributed by atoms with E-state index in [-0.39, 0.29) is 12.3 Å². The molecule has 2 aromatic rings. The number of rotatable bonds is 6. The Labute approximate surface area is 158 Å². The second-order valence-electron chi connectivity index (χ2n) is 6.57. The number of ether oxygens (including phenoxy) is 1. The zero-order valence-corrected chi connectivity index (χ0v) is 15.5. The van der Waals surface area contributed by atoms with E-state index < -0.39 is 12.1 Å². The van der Waals surface area contributed by atoms with Crippen LogP contribution in [0.3, 0.4) is 0 Å². The van der Waals surface area contributed by atoms with Crippen molar-refractivity contribution in [2.24, 2.45) is 0 Å². The molecule has 136 valence electrons. The van der Waals surface area contributed by atoms with Gasteiger partial charge in [0, 0.05) is 11.6 Å². The number of esters is 1. The lowest BCUT2D eigenvalue weighted by molar-refractivity contribution is -0.154. The highest BCUT2D eigenvalue weighted by Crippen LogP contribution is 2.23. The minimum atomic E-state index is -0.848. The molecule has 1 aliphatic carbocycles. The van der Waals surface area contributed by atoms with Crippen LogP contribution in [0.5, 0.6) is 0 Å². The van der Waals surface area contributed by atoms with Crippen molar-refractivity contribution in [3.63, 3.8) is 0 Å². The second kappa shape index (κ2) is 8.37. The van der Waals surface area contributed by atoms with Crippen LogP contribution in [0.2, 0.25) is 5.02 Å². The summed E-state index contributed by atoms with van der Waals surface area (Å²) in [4.78, 5) is 24.3. The van der Waals surface area contributed by atoms with Gasteiger partial charge in [-0.3, -0.25) is 9.59 Å². The standard InChI is InChI=1S/C21H22ClNO3/c1-14(21(25)23-13-18-5-2-3-8-19(18)22)26-20(24)12-15-9-10-16-6-4-7-17(16)11-15/h2-3,5,8-11,14H,4,6-7,12-13H2,1H3,(H,23,25)/t14-/m0/s1. The highest BCUT2D eigenvalue weighted by Gasteiger charge is 2.19. The molecule has 1 atom stereocenters. The summed E-state index contributed by atoms with van der Waals surface area (Å²) in [5, 5.41) is 3.33. The maximum atomic E-state index is 12.1. The lowest BCUT2D eigenvalue weighted by Crippen LogP contribution is -2.35. The van der Waals surface area contributed by atoms with Gasteiger partial charge in [0.2, 0.25) is 0 Å². The number of aryl methyl sites for hydroxylation is 2. The van der Waals surface area contributed by atoms with Crippen molar-refractivity contribution < 1.29 is 14.3 Å². The predicted molar refractivity (Wildman–Crippen MR) is 101 cm³/mol. The first-order valence-electron chi connectivity index (χ1n) is 8.84. The average molecular weight is 372 g/mol. The number of hydrogen-bond acceptors (Lipinski definition) is 3. The van der Waals surface area contributed by atoms with Crippen molar-refractivity contribution in [2.45, 2.75) is 45.3 Å². The number of benzene rings is 2. The molecule has 0 unspecified atom stereocenters. The number of carbonyl (C=O) groups is 2.